The Balaban J connectivity index is -0.000000227. The summed E-state index contributed by atoms with van der Waals surface area (Å²) < 4.78 is 25.4. The number of unbranched alkanes of at least 4 members (excludes halogenated alkanes) is 21. The van der Waals surface area contributed by atoms with Crippen LogP contribution in [-0.2, 0) is 52.5 Å². The van der Waals surface area contributed by atoms with Gasteiger partial charge in [-0.05, 0) is 50.9 Å². The van der Waals surface area contributed by atoms with E-state index in [2.05, 4.69) is 55.4 Å². The number of carbonyl (C=O) groups is 7. The van der Waals surface area contributed by atoms with Crippen molar-refractivity contribution in [1.82, 2.24) is 9.80 Å². The van der Waals surface area contributed by atoms with Gasteiger partial charge >= 0.3 is 41.9 Å². The molecule has 478 valence electrons. The van der Waals surface area contributed by atoms with Crippen molar-refractivity contribution in [3.05, 3.63) is 0 Å². The molecule has 1 aliphatic heterocycles. The summed E-state index contributed by atoms with van der Waals surface area (Å²) in [4.78, 5) is 80.4. The number of carbonyl (C=O) groups excluding carboxylic acids is 5. The smallest absolute Gasteiger partial charge is 0.409 e. The number of ether oxygens (including phenoxy) is 5. The van der Waals surface area contributed by atoms with E-state index in [1.54, 1.807) is 11.8 Å². The minimum atomic E-state index is -1.10. The predicted molar refractivity (Wildman–Crippen MR) is 328 cm³/mol. The molecule has 2 N–H and O–H groups in total. The number of hydrogen-bond acceptors (Lipinski definition) is 13. The largest absolute Gasteiger partial charge is 0.481 e. The SMILES string of the molecule is CC.CCC(=O)O.CCCC.CCCCCCCCOC(=O)CC.CCCCCCCCOC(=O)CC(C)CC.CCCCCCCCOC(=O)CN(CC(=O)O)CC(=O)OCCCCCCCC.CCCOC(=O)N1CCCC1. The second-order valence-corrected chi connectivity index (χ2v) is 20.1. The molecule has 0 aromatic rings. The lowest BCUT2D eigenvalue weighted by molar-refractivity contribution is -0.151. The van der Waals surface area contributed by atoms with Gasteiger partial charge in [-0.15, -0.1) is 0 Å². The lowest BCUT2D eigenvalue weighted by Crippen LogP contribution is -2.39. The number of esters is 4. The average Bonchev–Trinajstić information content (AvgIpc) is 4.00. The van der Waals surface area contributed by atoms with Crippen molar-refractivity contribution in [2.45, 2.75) is 302 Å². The van der Waals surface area contributed by atoms with E-state index in [1.807, 2.05) is 27.7 Å². The molecule has 1 fully saturated rings. The van der Waals surface area contributed by atoms with Crippen LogP contribution in [0.1, 0.15) is 302 Å². The number of amides is 1. The Bertz CT molecular complexity index is 1310. The van der Waals surface area contributed by atoms with Crippen LogP contribution in [0.2, 0.25) is 0 Å². The van der Waals surface area contributed by atoms with E-state index in [4.69, 9.17) is 33.9 Å². The fraction of sp³-hybridized carbons (Fsp3) is 0.891. The fourth-order valence-electron chi connectivity index (χ4n) is 6.86. The second kappa shape index (κ2) is 75.0. The molecule has 0 aromatic heterocycles. The van der Waals surface area contributed by atoms with Gasteiger partial charge in [0.2, 0.25) is 0 Å². The molecule has 0 radical (unpaired) electrons. The molecular weight excluding hydrogens is 1020 g/mol. The maximum absolute atomic E-state index is 11.9. The van der Waals surface area contributed by atoms with Crippen molar-refractivity contribution in [2.24, 2.45) is 5.92 Å². The van der Waals surface area contributed by atoms with E-state index in [0.29, 0.717) is 51.8 Å². The van der Waals surface area contributed by atoms with Crippen molar-refractivity contribution >= 4 is 41.9 Å². The van der Waals surface area contributed by atoms with Crippen molar-refractivity contribution in [3.63, 3.8) is 0 Å². The molecule has 1 heterocycles. The average molecular weight is 1150 g/mol. The van der Waals surface area contributed by atoms with Crippen LogP contribution in [0.5, 0.6) is 0 Å². The van der Waals surface area contributed by atoms with Gasteiger partial charge in [0, 0.05) is 32.4 Å². The Morgan fingerprint density at radius 2 is 0.713 bits per heavy atom. The minimum Gasteiger partial charge on any atom is -0.481 e. The van der Waals surface area contributed by atoms with E-state index in [9.17, 15) is 33.6 Å². The normalized spacial score (nSPS) is 11.3. The highest BCUT2D eigenvalue weighted by molar-refractivity contribution is 5.77. The molecule has 0 spiro atoms. The molecule has 1 amide bonds. The van der Waals surface area contributed by atoms with Crippen molar-refractivity contribution < 1.29 is 67.5 Å². The van der Waals surface area contributed by atoms with Gasteiger partial charge in [-0.3, -0.25) is 33.7 Å². The highest BCUT2D eigenvalue weighted by atomic mass is 16.6. The third-order valence-corrected chi connectivity index (χ3v) is 12.2. The summed E-state index contributed by atoms with van der Waals surface area (Å²) in [5.74, 6) is -2.51. The predicted octanol–water partition coefficient (Wildman–Crippen LogP) is 16.7. The third kappa shape index (κ3) is 80.5. The first-order valence-corrected chi connectivity index (χ1v) is 32.2. The molecule has 0 aromatic carbocycles. The molecule has 1 atom stereocenters. The number of hydrogen-bond donors (Lipinski definition) is 2. The molecule has 0 bridgehead atoms. The number of carboxylic acids is 2. The highest BCUT2D eigenvalue weighted by Gasteiger charge is 2.20. The quantitative estimate of drug-likeness (QED) is 0.0330. The third-order valence-electron chi connectivity index (χ3n) is 12.2. The molecule has 1 saturated heterocycles. The number of rotatable bonds is 42. The Morgan fingerprint density at radius 3 is 1.00 bits per heavy atom. The van der Waals surface area contributed by atoms with Crippen LogP contribution in [0.25, 0.3) is 0 Å². The molecule has 0 aliphatic carbocycles. The van der Waals surface area contributed by atoms with E-state index in [0.717, 1.165) is 90.1 Å². The van der Waals surface area contributed by atoms with Crippen LogP contribution in [0.3, 0.4) is 0 Å². The van der Waals surface area contributed by atoms with Gasteiger partial charge in [-0.1, -0.05) is 238 Å². The summed E-state index contributed by atoms with van der Waals surface area (Å²) >= 11 is 0. The van der Waals surface area contributed by atoms with Gasteiger partial charge in [0.05, 0.1) is 52.7 Å². The Labute approximate surface area is 491 Å². The van der Waals surface area contributed by atoms with Crippen LogP contribution in [0.4, 0.5) is 4.79 Å². The number of nitrogens with zero attached hydrogens (tertiary/aromatic N) is 2. The number of likely N-dealkylation sites (tertiary alicyclic amines) is 1. The minimum absolute atomic E-state index is 0.0251. The first-order chi connectivity index (χ1) is 38.5. The summed E-state index contributed by atoms with van der Waals surface area (Å²) in [7, 11) is 0. The number of aliphatic carboxylic acids is 2. The standard InChI is InChI=1S/C22H41NO6.C14H28O2.C11H22O2.C8H15NO2.C4H10.C3H6O2.C2H6/c1-3-5-7-9-11-13-15-28-21(26)18-23(17-20(24)25)19-22(27)29-16-14-12-10-8-6-4-2;1-4-6-7-8-9-10-11-16-14(15)12-13(3)5-2;1-3-5-6-7-8-9-10-13-11(12)4-2;1-2-7-11-8(10)9-5-3-4-6-9;1-3-4-2;1-2-3(4)5;1-2/h3-19H2,1-2H3,(H,24,25);13H,4-12H2,1-3H3;3-10H2,1-2H3;2-7H2,1H3;3-4H2,1-2H3;2H2,1H3,(H,4,5);1-2H3. The number of carboxylic acid groups (broad SMARTS) is 2. The Hall–Kier alpha value is -3.95. The summed E-state index contributed by atoms with van der Waals surface area (Å²) in [5, 5.41) is 16.7. The molecule has 0 saturated carbocycles. The molecule has 16 nitrogen and oxygen atoms in total. The molecule has 16 heteroatoms. The van der Waals surface area contributed by atoms with Crippen LogP contribution < -0.4 is 0 Å². The second-order valence-electron chi connectivity index (χ2n) is 20.1. The zero-order valence-electron chi connectivity index (χ0n) is 54.2. The Morgan fingerprint density at radius 1 is 0.388 bits per heavy atom. The van der Waals surface area contributed by atoms with Crippen LogP contribution in [0, 0.1) is 5.92 Å². The van der Waals surface area contributed by atoms with E-state index in [-0.39, 0.29) is 37.5 Å². The van der Waals surface area contributed by atoms with Crippen molar-refractivity contribution in [3.8, 4) is 0 Å². The van der Waals surface area contributed by atoms with E-state index < -0.39 is 30.4 Å². The van der Waals surface area contributed by atoms with Crippen LogP contribution in [0.15, 0.2) is 0 Å². The zero-order chi connectivity index (χ0) is 61.7. The summed E-state index contributed by atoms with van der Waals surface area (Å²) in [6.45, 7) is 30.1. The maximum Gasteiger partial charge on any atom is 0.409 e. The fourth-order valence-corrected chi connectivity index (χ4v) is 6.86. The summed E-state index contributed by atoms with van der Waals surface area (Å²) in [5.41, 5.74) is 0. The maximum atomic E-state index is 11.9. The lowest BCUT2D eigenvalue weighted by atomic mass is 10.1. The molecular formula is C64H128N2O14. The van der Waals surface area contributed by atoms with Gasteiger partial charge in [-0.25, -0.2) is 4.79 Å². The van der Waals surface area contributed by atoms with E-state index >= 15 is 0 Å². The zero-order valence-corrected chi connectivity index (χ0v) is 54.2. The Kier molecular flexibility index (Phi) is 81.9. The first-order valence-electron chi connectivity index (χ1n) is 32.2. The van der Waals surface area contributed by atoms with Gasteiger partial charge in [0.1, 0.15) is 0 Å². The summed E-state index contributed by atoms with van der Waals surface area (Å²) in [6.07, 6.45) is 35.9. The van der Waals surface area contributed by atoms with Gasteiger partial charge in [0.25, 0.3) is 0 Å². The molecule has 1 unspecified atom stereocenters. The van der Waals surface area contributed by atoms with Crippen LogP contribution in [-0.4, -0.2) is 128 Å². The lowest BCUT2D eigenvalue weighted by Gasteiger charge is -2.18. The first kappa shape index (κ1) is 87.3. The molecule has 1 aliphatic rings. The van der Waals surface area contributed by atoms with Gasteiger partial charge in [0.15, 0.2) is 0 Å². The van der Waals surface area contributed by atoms with Gasteiger partial charge in [-0.2, -0.15) is 0 Å². The van der Waals surface area contributed by atoms with Gasteiger partial charge < -0.3 is 38.8 Å². The highest BCUT2D eigenvalue weighted by Crippen LogP contribution is 2.11. The monoisotopic (exact) mass is 1150 g/mol. The van der Waals surface area contributed by atoms with Crippen molar-refractivity contribution in [1.29, 1.82) is 0 Å². The molecule has 1 rings (SSSR count). The summed E-state index contributed by atoms with van der Waals surface area (Å²) in [6, 6.07) is 0. The molecule has 80 heavy (non-hydrogen) atoms. The van der Waals surface area contributed by atoms with Crippen molar-refractivity contribution in [2.75, 3.05) is 65.8 Å². The van der Waals surface area contributed by atoms with Crippen LogP contribution >= 0.6 is 0 Å². The van der Waals surface area contributed by atoms with E-state index in [1.165, 1.54) is 120 Å². The topological polar surface area (TPSA) is 213 Å².